The maximum Gasteiger partial charge on any atom is 0.133 e. The number of benzene rings is 2. The first-order valence-electron chi connectivity index (χ1n) is 5.47. The number of nitrogens with two attached hydrogens (primary N) is 1. The van der Waals surface area contributed by atoms with Crippen LogP contribution in [0.1, 0.15) is 11.1 Å². The Balaban J connectivity index is 2.65. The molecule has 0 aliphatic heterocycles. The van der Waals surface area contributed by atoms with Crippen molar-refractivity contribution in [3.8, 4) is 11.1 Å². The van der Waals surface area contributed by atoms with Crippen LogP contribution >= 0.6 is 0 Å². The molecular weight excluding hydrogens is 239 g/mol. The zero-order valence-electron chi connectivity index (χ0n) is 9.81. The van der Waals surface area contributed by atoms with E-state index >= 15 is 0 Å². The van der Waals surface area contributed by atoms with Crippen LogP contribution in [0.25, 0.3) is 11.1 Å². The third kappa shape index (κ3) is 2.24. The highest BCUT2D eigenvalue weighted by Gasteiger charge is 2.12. The van der Waals surface area contributed by atoms with E-state index in [-0.39, 0.29) is 12.1 Å². The third-order valence-electron chi connectivity index (χ3n) is 2.83. The molecular formula is C14H12F3N. The lowest BCUT2D eigenvalue weighted by Gasteiger charge is -2.10. The van der Waals surface area contributed by atoms with Gasteiger partial charge in [-0.25, -0.2) is 13.2 Å². The van der Waals surface area contributed by atoms with Crippen LogP contribution in [0, 0.1) is 24.4 Å². The van der Waals surface area contributed by atoms with Gasteiger partial charge in [0.1, 0.15) is 17.5 Å². The van der Waals surface area contributed by atoms with Crippen LogP contribution in [0.15, 0.2) is 30.3 Å². The number of hydrogen-bond donors (Lipinski definition) is 1. The van der Waals surface area contributed by atoms with Crippen molar-refractivity contribution in [2.24, 2.45) is 5.73 Å². The van der Waals surface area contributed by atoms with Gasteiger partial charge in [0, 0.05) is 18.2 Å². The van der Waals surface area contributed by atoms with E-state index in [4.69, 9.17) is 5.73 Å². The average molecular weight is 251 g/mol. The zero-order chi connectivity index (χ0) is 13.3. The van der Waals surface area contributed by atoms with E-state index in [1.54, 1.807) is 6.92 Å². The van der Waals surface area contributed by atoms with E-state index in [0.717, 1.165) is 6.07 Å². The highest BCUT2D eigenvalue weighted by Crippen LogP contribution is 2.28. The van der Waals surface area contributed by atoms with Crippen LogP contribution in [0.4, 0.5) is 13.2 Å². The summed E-state index contributed by atoms with van der Waals surface area (Å²) in [5, 5.41) is 0. The van der Waals surface area contributed by atoms with E-state index in [9.17, 15) is 13.2 Å². The van der Waals surface area contributed by atoms with Gasteiger partial charge >= 0.3 is 0 Å². The molecule has 0 spiro atoms. The lowest BCUT2D eigenvalue weighted by Crippen LogP contribution is -2.01. The van der Waals surface area contributed by atoms with Gasteiger partial charge in [0.2, 0.25) is 0 Å². The Morgan fingerprint density at radius 2 is 1.67 bits per heavy atom. The maximum atomic E-state index is 13.8. The number of rotatable bonds is 2. The predicted octanol–water partition coefficient (Wildman–Crippen LogP) is 3.54. The lowest BCUT2D eigenvalue weighted by atomic mass is 9.97. The molecule has 0 saturated heterocycles. The van der Waals surface area contributed by atoms with Gasteiger partial charge in [-0.1, -0.05) is 6.07 Å². The predicted molar refractivity (Wildman–Crippen MR) is 64.4 cm³/mol. The molecule has 2 N–H and O–H groups in total. The topological polar surface area (TPSA) is 26.0 Å². The molecule has 0 aromatic heterocycles. The summed E-state index contributed by atoms with van der Waals surface area (Å²) >= 11 is 0. The summed E-state index contributed by atoms with van der Waals surface area (Å²) in [7, 11) is 0. The second-order valence-corrected chi connectivity index (χ2v) is 4.09. The second kappa shape index (κ2) is 4.82. The largest absolute Gasteiger partial charge is 0.326 e. The summed E-state index contributed by atoms with van der Waals surface area (Å²) in [6.07, 6.45) is 0. The van der Waals surface area contributed by atoms with Gasteiger partial charge in [-0.15, -0.1) is 0 Å². The molecule has 0 saturated carbocycles. The average Bonchev–Trinajstić information content (AvgIpc) is 2.34. The van der Waals surface area contributed by atoms with Crippen LogP contribution in [-0.4, -0.2) is 0 Å². The van der Waals surface area contributed by atoms with Gasteiger partial charge < -0.3 is 5.73 Å². The van der Waals surface area contributed by atoms with Crippen LogP contribution < -0.4 is 5.73 Å². The normalized spacial score (nSPS) is 10.7. The molecule has 0 heterocycles. The monoisotopic (exact) mass is 251 g/mol. The standard InChI is InChI=1S/C14H12F3N/c1-8-4-12(14(17)6-13(8)16)11-3-2-10(15)5-9(11)7-18/h2-6H,7,18H2,1H3. The fourth-order valence-corrected chi connectivity index (χ4v) is 1.86. The summed E-state index contributed by atoms with van der Waals surface area (Å²) in [4.78, 5) is 0. The first kappa shape index (κ1) is 12.6. The molecule has 2 aromatic rings. The van der Waals surface area contributed by atoms with Crippen molar-refractivity contribution in [1.82, 2.24) is 0 Å². The fourth-order valence-electron chi connectivity index (χ4n) is 1.86. The number of aryl methyl sites for hydroxylation is 1. The van der Waals surface area contributed by atoms with Crippen molar-refractivity contribution in [2.75, 3.05) is 0 Å². The Hall–Kier alpha value is -1.81. The molecule has 0 unspecified atom stereocenters. The van der Waals surface area contributed by atoms with Crippen LogP contribution in [0.5, 0.6) is 0 Å². The fraction of sp³-hybridized carbons (Fsp3) is 0.143. The molecule has 0 aliphatic carbocycles. The third-order valence-corrected chi connectivity index (χ3v) is 2.83. The van der Waals surface area contributed by atoms with Crippen molar-refractivity contribution < 1.29 is 13.2 Å². The summed E-state index contributed by atoms with van der Waals surface area (Å²) < 4.78 is 40.0. The molecule has 0 amide bonds. The SMILES string of the molecule is Cc1cc(-c2ccc(F)cc2CN)c(F)cc1F. The molecule has 4 heteroatoms. The molecule has 2 aromatic carbocycles. The Morgan fingerprint density at radius 3 is 2.33 bits per heavy atom. The lowest BCUT2D eigenvalue weighted by molar-refractivity contribution is 0.579. The summed E-state index contributed by atoms with van der Waals surface area (Å²) in [5.41, 5.74) is 7.05. The van der Waals surface area contributed by atoms with Gasteiger partial charge in [0.05, 0.1) is 0 Å². The first-order chi connectivity index (χ1) is 8.52. The van der Waals surface area contributed by atoms with Gasteiger partial charge in [0.15, 0.2) is 0 Å². The minimum atomic E-state index is -0.681. The molecule has 1 nitrogen and oxygen atoms in total. The van der Waals surface area contributed by atoms with Crippen molar-refractivity contribution in [3.05, 3.63) is 58.9 Å². The quantitative estimate of drug-likeness (QED) is 0.868. The maximum absolute atomic E-state index is 13.8. The number of halogens is 3. The molecule has 94 valence electrons. The minimum Gasteiger partial charge on any atom is -0.326 e. The van der Waals surface area contributed by atoms with Crippen molar-refractivity contribution in [3.63, 3.8) is 0 Å². The van der Waals surface area contributed by atoms with Crippen molar-refractivity contribution in [1.29, 1.82) is 0 Å². The van der Waals surface area contributed by atoms with Gasteiger partial charge in [-0.3, -0.25) is 0 Å². The highest BCUT2D eigenvalue weighted by molar-refractivity contribution is 5.68. The van der Waals surface area contributed by atoms with Crippen LogP contribution in [0.3, 0.4) is 0 Å². The van der Waals surface area contributed by atoms with E-state index in [1.165, 1.54) is 24.3 Å². The van der Waals surface area contributed by atoms with Gasteiger partial charge in [-0.05, 0) is 41.8 Å². The van der Waals surface area contributed by atoms with E-state index in [2.05, 4.69) is 0 Å². The molecule has 18 heavy (non-hydrogen) atoms. The summed E-state index contributed by atoms with van der Waals surface area (Å²) in [6.45, 7) is 1.63. The zero-order valence-corrected chi connectivity index (χ0v) is 9.81. The summed E-state index contributed by atoms with van der Waals surface area (Å²) in [5.74, 6) is -1.72. The van der Waals surface area contributed by atoms with Gasteiger partial charge in [-0.2, -0.15) is 0 Å². The van der Waals surface area contributed by atoms with E-state index in [1.807, 2.05) is 0 Å². The molecule has 2 rings (SSSR count). The van der Waals surface area contributed by atoms with Crippen LogP contribution in [0.2, 0.25) is 0 Å². The minimum absolute atomic E-state index is 0.0863. The van der Waals surface area contributed by atoms with Crippen molar-refractivity contribution in [2.45, 2.75) is 13.5 Å². The Bertz CT molecular complexity index is 594. The van der Waals surface area contributed by atoms with E-state index in [0.29, 0.717) is 16.7 Å². The molecule has 0 fully saturated rings. The van der Waals surface area contributed by atoms with Crippen LogP contribution in [-0.2, 0) is 6.54 Å². The first-order valence-corrected chi connectivity index (χ1v) is 5.47. The Morgan fingerprint density at radius 1 is 0.944 bits per heavy atom. The van der Waals surface area contributed by atoms with Gasteiger partial charge in [0.25, 0.3) is 0 Å². The highest BCUT2D eigenvalue weighted by atomic mass is 19.1. The second-order valence-electron chi connectivity index (χ2n) is 4.09. The summed E-state index contributed by atoms with van der Waals surface area (Å²) in [6, 6.07) is 6.17. The molecule has 0 atom stereocenters. The molecule has 0 radical (unpaired) electrons. The van der Waals surface area contributed by atoms with E-state index < -0.39 is 17.5 Å². The number of hydrogen-bond acceptors (Lipinski definition) is 1. The van der Waals surface area contributed by atoms with Crippen molar-refractivity contribution >= 4 is 0 Å². The Labute approximate surface area is 103 Å². The Kier molecular flexibility index (Phi) is 3.39. The molecule has 0 bridgehead atoms. The smallest absolute Gasteiger partial charge is 0.133 e. The molecule has 0 aliphatic rings.